The highest BCUT2D eigenvalue weighted by atomic mass is 15.4. The van der Waals surface area contributed by atoms with Gasteiger partial charge in [-0.3, -0.25) is 9.80 Å². The van der Waals surface area contributed by atoms with Gasteiger partial charge in [-0.05, 0) is 32.9 Å². The maximum absolute atomic E-state index is 2.56. The van der Waals surface area contributed by atoms with Crippen LogP contribution in [0, 0.1) is 5.92 Å². The monoisotopic (exact) mass is 210 g/mol. The van der Waals surface area contributed by atoms with Crippen molar-refractivity contribution < 1.29 is 0 Å². The predicted molar refractivity (Wildman–Crippen MR) is 64.9 cm³/mol. The molecule has 1 aliphatic carbocycles. The lowest BCUT2D eigenvalue weighted by Crippen LogP contribution is -2.34. The summed E-state index contributed by atoms with van der Waals surface area (Å²) in [6.07, 6.45) is 10.3. The van der Waals surface area contributed by atoms with Gasteiger partial charge in [0.05, 0.1) is 6.67 Å². The van der Waals surface area contributed by atoms with Gasteiger partial charge in [-0.15, -0.1) is 0 Å². The summed E-state index contributed by atoms with van der Waals surface area (Å²) in [7, 11) is 4.55. The summed E-state index contributed by atoms with van der Waals surface area (Å²) in [6.45, 7) is 2.46. The first-order chi connectivity index (χ1) is 7.27. The van der Waals surface area contributed by atoms with Crippen LogP contribution in [0.4, 0.5) is 0 Å². The van der Waals surface area contributed by atoms with E-state index in [1.54, 1.807) is 0 Å². The van der Waals surface area contributed by atoms with Crippen LogP contribution in [0.25, 0.3) is 0 Å². The molecule has 0 bridgehead atoms. The molecule has 0 radical (unpaired) electrons. The Balaban J connectivity index is 1.89. The minimum Gasteiger partial charge on any atom is -0.292 e. The molecule has 0 aromatic heterocycles. The third-order valence-corrected chi connectivity index (χ3v) is 4.22. The Morgan fingerprint density at radius 2 is 1.47 bits per heavy atom. The van der Waals surface area contributed by atoms with Crippen LogP contribution >= 0.6 is 0 Å². The van der Waals surface area contributed by atoms with Crippen LogP contribution in [0.2, 0.25) is 0 Å². The van der Waals surface area contributed by atoms with Crippen molar-refractivity contribution >= 4 is 0 Å². The fraction of sp³-hybridized carbons (Fsp3) is 1.00. The van der Waals surface area contributed by atoms with E-state index in [-0.39, 0.29) is 0 Å². The van der Waals surface area contributed by atoms with Crippen molar-refractivity contribution in [3.8, 4) is 0 Å². The van der Waals surface area contributed by atoms with Crippen molar-refractivity contribution in [3.63, 3.8) is 0 Å². The normalized spacial score (nSPS) is 32.8. The van der Waals surface area contributed by atoms with E-state index in [9.17, 15) is 0 Å². The van der Waals surface area contributed by atoms with E-state index in [1.807, 2.05) is 0 Å². The average molecular weight is 210 g/mol. The lowest BCUT2D eigenvalue weighted by atomic mass is 9.85. The first-order valence-corrected chi connectivity index (χ1v) is 6.66. The molecule has 0 spiro atoms. The Morgan fingerprint density at radius 1 is 0.867 bits per heavy atom. The second kappa shape index (κ2) is 5.31. The average Bonchev–Trinajstić information content (AvgIpc) is 2.45. The SMILES string of the molecule is CN1CC(C2CCCCCCC2)N(C)C1. The molecule has 1 heterocycles. The molecule has 2 rings (SSSR count). The zero-order valence-electron chi connectivity index (χ0n) is 10.4. The molecule has 2 aliphatic rings. The van der Waals surface area contributed by atoms with Crippen LogP contribution in [0.15, 0.2) is 0 Å². The molecule has 2 fully saturated rings. The quantitative estimate of drug-likeness (QED) is 0.656. The van der Waals surface area contributed by atoms with Crippen LogP contribution in [0.3, 0.4) is 0 Å². The van der Waals surface area contributed by atoms with Gasteiger partial charge in [0.2, 0.25) is 0 Å². The minimum absolute atomic E-state index is 0.841. The summed E-state index contributed by atoms with van der Waals surface area (Å²) in [5.41, 5.74) is 0. The van der Waals surface area contributed by atoms with E-state index >= 15 is 0 Å². The molecule has 1 saturated carbocycles. The van der Waals surface area contributed by atoms with Crippen LogP contribution in [-0.4, -0.2) is 43.2 Å². The van der Waals surface area contributed by atoms with Crippen LogP contribution in [-0.2, 0) is 0 Å². The van der Waals surface area contributed by atoms with Gasteiger partial charge in [0.25, 0.3) is 0 Å². The molecule has 15 heavy (non-hydrogen) atoms. The molecule has 1 aliphatic heterocycles. The van der Waals surface area contributed by atoms with Crippen molar-refractivity contribution in [2.24, 2.45) is 5.92 Å². The number of hydrogen-bond donors (Lipinski definition) is 0. The molecule has 2 nitrogen and oxygen atoms in total. The highest BCUT2D eigenvalue weighted by molar-refractivity contribution is 4.85. The van der Waals surface area contributed by atoms with Gasteiger partial charge in [0.15, 0.2) is 0 Å². The van der Waals surface area contributed by atoms with Gasteiger partial charge in [0, 0.05) is 12.6 Å². The summed E-state index contributed by atoms with van der Waals surface area (Å²) in [5.74, 6) is 0.972. The summed E-state index contributed by atoms with van der Waals surface area (Å²) in [5, 5.41) is 0. The predicted octanol–water partition coefficient (Wildman–Crippen LogP) is 2.55. The van der Waals surface area contributed by atoms with Gasteiger partial charge in [-0.2, -0.15) is 0 Å². The number of hydrogen-bond acceptors (Lipinski definition) is 2. The van der Waals surface area contributed by atoms with Gasteiger partial charge in [-0.25, -0.2) is 0 Å². The van der Waals surface area contributed by atoms with Gasteiger partial charge >= 0.3 is 0 Å². The number of rotatable bonds is 1. The first-order valence-electron chi connectivity index (χ1n) is 6.66. The Hall–Kier alpha value is -0.0800. The maximum Gasteiger partial charge on any atom is 0.0504 e. The van der Waals surface area contributed by atoms with E-state index < -0.39 is 0 Å². The molecule has 88 valence electrons. The lowest BCUT2D eigenvalue weighted by molar-refractivity contribution is 0.200. The zero-order chi connectivity index (χ0) is 10.7. The summed E-state index contributed by atoms with van der Waals surface area (Å²) < 4.78 is 0. The van der Waals surface area contributed by atoms with Crippen molar-refractivity contribution in [2.45, 2.75) is 51.0 Å². The van der Waals surface area contributed by atoms with Crippen LogP contribution < -0.4 is 0 Å². The number of nitrogens with zero attached hydrogens (tertiary/aromatic N) is 2. The Morgan fingerprint density at radius 3 is 2.00 bits per heavy atom. The molecule has 0 aromatic carbocycles. The molecule has 0 aromatic rings. The van der Waals surface area contributed by atoms with E-state index in [2.05, 4.69) is 23.9 Å². The Labute approximate surface area is 94.6 Å². The molecular weight excluding hydrogens is 184 g/mol. The van der Waals surface area contributed by atoms with E-state index in [1.165, 1.54) is 58.2 Å². The molecule has 0 amide bonds. The third kappa shape index (κ3) is 2.94. The standard InChI is InChI=1S/C13H26N2/c1-14-10-13(15(2)11-14)12-8-6-4-3-5-7-9-12/h12-13H,3-11H2,1-2H3. The Kier molecular flexibility index (Phi) is 4.04. The first kappa shape index (κ1) is 11.4. The molecule has 1 unspecified atom stereocenters. The fourth-order valence-corrected chi connectivity index (χ4v) is 3.38. The van der Waals surface area contributed by atoms with E-state index in [0.717, 1.165) is 12.0 Å². The topological polar surface area (TPSA) is 6.48 Å². The third-order valence-electron chi connectivity index (χ3n) is 4.22. The van der Waals surface area contributed by atoms with E-state index in [0.29, 0.717) is 0 Å². The van der Waals surface area contributed by atoms with Crippen LogP contribution in [0.1, 0.15) is 44.9 Å². The smallest absolute Gasteiger partial charge is 0.0504 e. The van der Waals surface area contributed by atoms with Gasteiger partial charge in [-0.1, -0.05) is 32.1 Å². The number of likely N-dealkylation sites (N-methyl/N-ethyl adjacent to an activating group) is 2. The lowest BCUT2D eigenvalue weighted by Gasteiger charge is -2.29. The van der Waals surface area contributed by atoms with Crippen molar-refractivity contribution in [1.82, 2.24) is 9.80 Å². The zero-order valence-corrected chi connectivity index (χ0v) is 10.4. The van der Waals surface area contributed by atoms with Crippen molar-refractivity contribution in [3.05, 3.63) is 0 Å². The van der Waals surface area contributed by atoms with Crippen molar-refractivity contribution in [2.75, 3.05) is 27.3 Å². The second-order valence-electron chi connectivity index (χ2n) is 5.61. The second-order valence-corrected chi connectivity index (χ2v) is 5.61. The minimum atomic E-state index is 0.841. The molecule has 0 N–H and O–H groups in total. The van der Waals surface area contributed by atoms with Crippen molar-refractivity contribution in [1.29, 1.82) is 0 Å². The van der Waals surface area contributed by atoms with Crippen LogP contribution in [0.5, 0.6) is 0 Å². The summed E-state index contributed by atoms with van der Waals surface area (Å²) >= 11 is 0. The summed E-state index contributed by atoms with van der Waals surface area (Å²) in [4.78, 5) is 5.02. The highest BCUT2D eigenvalue weighted by Gasteiger charge is 2.31. The van der Waals surface area contributed by atoms with Gasteiger partial charge < -0.3 is 0 Å². The molecule has 1 saturated heterocycles. The largest absolute Gasteiger partial charge is 0.292 e. The summed E-state index contributed by atoms with van der Waals surface area (Å²) in [6, 6.07) is 0.841. The molecule has 1 atom stereocenters. The molecule has 2 heteroatoms. The van der Waals surface area contributed by atoms with E-state index in [4.69, 9.17) is 0 Å². The maximum atomic E-state index is 2.56. The fourth-order valence-electron chi connectivity index (χ4n) is 3.38. The highest BCUT2D eigenvalue weighted by Crippen LogP contribution is 2.29. The molecular formula is C13H26N2. The Bertz CT molecular complexity index is 185. The van der Waals surface area contributed by atoms with Gasteiger partial charge in [0.1, 0.15) is 0 Å².